The predicted octanol–water partition coefficient (Wildman–Crippen LogP) is 13.0. The number of nitrogens with zero attached hydrogens (tertiary/aromatic N) is 1. The lowest BCUT2D eigenvalue weighted by Gasteiger charge is -2.28. The maximum absolute atomic E-state index is 9.51. The normalized spacial score (nSPS) is 13.4. The Bertz CT molecular complexity index is 2690. The van der Waals surface area contributed by atoms with Crippen molar-refractivity contribution in [1.82, 2.24) is 0 Å². The molecule has 0 fully saturated rings. The molecule has 0 heterocycles. The van der Waals surface area contributed by atoms with Crippen molar-refractivity contribution in [3.63, 3.8) is 0 Å². The molecule has 0 spiro atoms. The lowest BCUT2D eigenvalue weighted by molar-refractivity contribution is 1.28. The summed E-state index contributed by atoms with van der Waals surface area (Å²) in [5.41, 5.74) is 4.44. The standard InChI is InChI=1S/C46H33N/c1-3-12-34(13-4-1)36-24-28-43(29-25-36)47(46-21-10-9-20-45(46)38-15-5-2-6-16-38)44-30-26-37(27-31-44)40-18-11-19-41(32-40)42-23-22-35-14-7-8-17-39(35)33-42/h1-33H/i24D,25D,26D,27D,28D,29D,30D,31D. The van der Waals surface area contributed by atoms with Crippen LogP contribution in [0, 0.1) is 0 Å². The van der Waals surface area contributed by atoms with Gasteiger partial charge in [-0.2, -0.15) is 0 Å². The van der Waals surface area contributed by atoms with E-state index >= 15 is 0 Å². The summed E-state index contributed by atoms with van der Waals surface area (Å²) in [6, 6.07) is 44.2. The van der Waals surface area contributed by atoms with Gasteiger partial charge in [0.15, 0.2) is 0 Å². The molecule has 0 N–H and O–H groups in total. The summed E-state index contributed by atoms with van der Waals surface area (Å²) in [7, 11) is 0. The van der Waals surface area contributed by atoms with E-state index in [4.69, 9.17) is 2.74 Å². The first-order chi connectivity index (χ1) is 26.7. The number of hydrogen-bond donors (Lipinski definition) is 0. The SMILES string of the molecule is [2H]c1c([2H])c(N(c2ccccc2-c2ccccc2)c2c([2H])c([2H])c(-c3cccc(-c4ccc5ccccc5c4)c3)c([2H])c2[2H])c([2H])c([2H])c1-c1ccccc1. The maximum Gasteiger partial charge on any atom is 0.0645 e. The van der Waals surface area contributed by atoms with E-state index in [1.807, 2.05) is 103 Å². The van der Waals surface area contributed by atoms with Crippen LogP contribution in [0.2, 0.25) is 0 Å². The first-order valence-electron chi connectivity index (χ1n) is 19.5. The van der Waals surface area contributed by atoms with Crippen LogP contribution in [0.1, 0.15) is 11.0 Å². The lowest BCUT2D eigenvalue weighted by atomic mass is 9.97. The third kappa shape index (κ3) is 5.83. The van der Waals surface area contributed by atoms with Crippen LogP contribution in [-0.4, -0.2) is 0 Å². The summed E-state index contributed by atoms with van der Waals surface area (Å²) in [6.07, 6.45) is 0. The molecule has 8 aromatic rings. The predicted molar refractivity (Wildman–Crippen MR) is 200 cm³/mol. The minimum Gasteiger partial charge on any atom is -0.310 e. The molecule has 47 heavy (non-hydrogen) atoms. The van der Waals surface area contributed by atoms with Crippen LogP contribution >= 0.6 is 0 Å². The average molecular weight is 608 g/mol. The Hall–Kier alpha value is -6.18. The second-order valence-electron chi connectivity index (χ2n) is 11.2. The fourth-order valence-electron chi connectivity index (χ4n) is 5.84. The molecule has 1 heteroatoms. The molecule has 0 unspecified atom stereocenters. The van der Waals surface area contributed by atoms with Crippen LogP contribution in [0.25, 0.3) is 55.3 Å². The van der Waals surface area contributed by atoms with Crippen molar-refractivity contribution < 1.29 is 11.0 Å². The van der Waals surface area contributed by atoms with Crippen molar-refractivity contribution in [2.75, 3.05) is 4.90 Å². The van der Waals surface area contributed by atoms with Crippen molar-refractivity contribution in [2.24, 2.45) is 0 Å². The highest BCUT2D eigenvalue weighted by Gasteiger charge is 2.17. The lowest BCUT2D eigenvalue weighted by Crippen LogP contribution is -2.11. The van der Waals surface area contributed by atoms with Gasteiger partial charge in [-0.25, -0.2) is 0 Å². The Kier molecular flexibility index (Phi) is 5.60. The molecule has 0 bridgehead atoms. The number of anilines is 3. The van der Waals surface area contributed by atoms with Gasteiger partial charge in [0.05, 0.1) is 16.7 Å². The van der Waals surface area contributed by atoms with Gasteiger partial charge in [-0.15, -0.1) is 0 Å². The molecular weight excluding hydrogens is 567 g/mol. The highest BCUT2D eigenvalue weighted by Crippen LogP contribution is 2.42. The van der Waals surface area contributed by atoms with Crippen molar-refractivity contribution >= 4 is 27.8 Å². The van der Waals surface area contributed by atoms with E-state index in [2.05, 4.69) is 6.07 Å². The fraction of sp³-hybridized carbons (Fsp3) is 0. The van der Waals surface area contributed by atoms with E-state index < -0.39 is 0 Å². The van der Waals surface area contributed by atoms with Gasteiger partial charge in [0, 0.05) is 16.9 Å². The number of hydrogen-bond acceptors (Lipinski definition) is 1. The van der Waals surface area contributed by atoms with E-state index in [0.717, 1.165) is 27.5 Å². The molecule has 222 valence electrons. The first kappa shape index (κ1) is 20.8. The van der Waals surface area contributed by atoms with Gasteiger partial charge in [0.1, 0.15) is 0 Å². The Balaban J connectivity index is 1.37. The molecule has 0 aliphatic rings. The van der Waals surface area contributed by atoms with Crippen molar-refractivity contribution in [2.45, 2.75) is 0 Å². The minimum atomic E-state index is -0.390. The van der Waals surface area contributed by atoms with E-state index in [0.29, 0.717) is 22.4 Å². The van der Waals surface area contributed by atoms with E-state index in [9.17, 15) is 8.22 Å². The molecule has 0 saturated carbocycles. The van der Waals surface area contributed by atoms with E-state index in [1.54, 1.807) is 42.5 Å². The van der Waals surface area contributed by atoms with Gasteiger partial charge < -0.3 is 4.90 Å². The number of benzene rings is 8. The van der Waals surface area contributed by atoms with Crippen molar-refractivity contribution in [3.05, 3.63) is 200 Å². The Morgan fingerprint density at radius 2 is 0.809 bits per heavy atom. The Morgan fingerprint density at radius 1 is 0.319 bits per heavy atom. The van der Waals surface area contributed by atoms with Crippen molar-refractivity contribution in [3.8, 4) is 44.5 Å². The second-order valence-corrected chi connectivity index (χ2v) is 11.2. The second kappa shape index (κ2) is 12.7. The third-order valence-electron chi connectivity index (χ3n) is 8.20. The van der Waals surface area contributed by atoms with Gasteiger partial charge >= 0.3 is 0 Å². The Morgan fingerprint density at radius 3 is 1.49 bits per heavy atom. The van der Waals surface area contributed by atoms with E-state index in [-0.39, 0.29) is 70.8 Å². The van der Waals surface area contributed by atoms with Gasteiger partial charge in [-0.3, -0.25) is 0 Å². The first-order valence-corrected chi connectivity index (χ1v) is 15.5. The molecule has 0 aliphatic heterocycles. The van der Waals surface area contributed by atoms with Crippen LogP contribution in [0.3, 0.4) is 0 Å². The molecule has 0 aliphatic carbocycles. The average Bonchev–Trinajstić information content (AvgIpc) is 3.22. The molecule has 0 saturated heterocycles. The maximum atomic E-state index is 9.51. The summed E-state index contributed by atoms with van der Waals surface area (Å²) in [5, 5.41) is 2.17. The zero-order valence-electron chi connectivity index (χ0n) is 33.4. The topological polar surface area (TPSA) is 3.24 Å². The summed E-state index contributed by atoms with van der Waals surface area (Å²) < 4.78 is 74.8. The largest absolute Gasteiger partial charge is 0.310 e. The molecule has 8 rings (SSSR count). The molecule has 0 amide bonds. The van der Waals surface area contributed by atoms with Crippen LogP contribution in [-0.2, 0) is 0 Å². The number of fused-ring (bicyclic) bond motifs is 1. The zero-order chi connectivity index (χ0) is 38.4. The van der Waals surface area contributed by atoms with Crippen LogP contribution < -0.4 is 4.90 Å². The van der Waals surface area contributed by atoms with Gasteiger partial charge in [0.2, 0.25) is 0 Å². The zero-order valence-corrected chi connectivity index (χ0v) is 25.4. The van der Waals surface area contributed by atoms with Gasteiger partial charge in [-0.05, 0) is 92.1 Å². The molecule has 0 radical (unpaired) electrons. The fourth-order valence-corrected chi connectivity index (χ4v) is 5.84. The quantitative estimate of drug-likeness (QED) is 0.174. The summed E-state index contributed by atoms with van der Waals surface area (Å²) in [6.45, 7) is 0. The summed E-state index contributed by atoms with van der Waals surface area (Å²) >= 11 is 0. The van der Waals surface area contributed by atoms with Gasteiger partial charge in [0.25, 0.3) is 0 Å². The highest BCUT2D eigenvalue weighted by molar-refractivity contribution is 5.90. The number of para-hydroxylation sites is 1. The summed E-state index contributed by atoms with van der Waals surface area (Å²) in [5.74, 6) is 0. The minimum absolute atomic E-state index is 0.108. The summed E-state index contributed by atoms with van der Waals surface area (Å²) in [4.78, 5) is 1.37. The molecule has 1 nitrogen and oxygen atoms in total. The molecule has 0 atom stereocenters. The molecular formula is C46H33N. The van der Waals surface area contributed by atoms with Gasteiger partial charge in [-0.1, -0.05) is 158 Å². The van der Waals surface area contributed by atoms with E-state index in [1.165, 1.54) is 4.90 Å². The molecule has 0 aromatic heterocycles. The van der Waals surface area contributed by atoms with Crippen LogP contribution in [0.15, 0.2) is 200 Å². The number of rotatable bonds is 7. The Labute approximate surface area is 287 Å². The van der Waals surface area contributed by atoms with Crippen molar-refractivity contribution in [1.29, 1.82) is 0 Å². The third-order valence-corrected chi connectivity index (χ3v) is 8.20. The molecule has 8 aromatic carbocycles. The smallest absolute Gasteiger partial charge is 0.0645 e. The monoisotopic (exact) mass is 607 g/mol. The van der Waals surface area contributed by atoms with Crippen LogP contribution in [0.4, 0.5) is 17.1 Å². The van der Waals surface area contributed by atoms with Crippen LogP contribution in [0.5, 0.6) is 0 Å². The highest BCUT2D eigenvalue weighted by atomic mass is 15.1.